The Kier molecular flexibility index (Phi) is 5.13. The van der Waals surface area contributed by atoms with Crippen LogP contribution in [-0.4, -0.2) is 7.11 Å². The third-order valence-corrected chi connectivity index (χ3v) is 3.10. The fourth-order valence-electron chi connectivity index (χ4n) is 2.04. The van der Waals surface area contributed by atoms with Gasteiger partial charge in [0.05, 0.1) is 7.11 Å². The minimum absolute atomic E-state index is 0.843. The van der Waals surface area contributed by atoms with Crippen LogP contribution in [0.25, 0.3) is 5.52 Å². The van der Waals surface area contributed by atoms with Crippen LogP contribution in [-0.2, 0) is 0 Å². The summed E-state index contributed by atoms with van der Waals surface area (Å²) in [5.41, 5.74) is 3.08. The molecule has 0 aliphatic rings. The predicted octanol–water partition coefficient (Wildman–Crippen LogP) is 6.22. The average Bonchev–Trinajstić information content (AvgIpc) is 2.57. The first-order chi connectivity index (χ1) is 12.3. The molecule has 2 nitrogen and oxygen atoms in total. The van der Waals surface area contributed by atoms with Gasteiger partial charge < -0.3 is 4.74 Å². The second-order valence-electron chi connectivity index (χ2n) is 5.34. The number of ether oxygens (including phenoxy) is 1. The van der Waals surface area contributed by atoms with Gasteiger partial charge in [-0.05, 0) is 36.4 Å². The van der Waals surface area contributed by atoms with Crippen molar-refractivity contribution >= 4 is 13.3 Å². The normalized spacial score (nSPS) is 13.3. The summed E-state index contributed by atoms with van der Waals surface area (Å²) in [4.78, 5) is 0. The Hall–Kier alpha value is -2.78. The van der Waals surface area contributed by atoms with Gasteiger partial charge in [-0.25, -0.2) is 0 Å². The van der Waals surface area contributed by atoms with Crippen molar-refractivity contribution < 1.29 is 34.3 Å². The Labute approximate surface area is 151 Å². The Morgan fingerprint density at radius 3 is 1.96 bits per heavy atom. The number of nitrogens with zero attached hydrogens (tertiary/aromatic N) is 1. The number of methoxy groups -OCH3 is 1. The van der Waals surface area contributed by atoms with E-state index in [9.17, 15) is 25.2 Å². The van der Waals surface area contributed by atoms with Crippen molar-refractivity contribution in [1.29, 1.82) is 0 Å². The van der Waals surface area contributed by atoms with E-state index in [1.807, 2.05) is 54.7 Å². The maximum absolute atomic E-state index is 10.7. The molecule has 0 aliphatic heterocycles. The second-order valence-corrected chi connectivity index (χ2v) is 7.26. The van der Waals surface area contributed by atoms with Crippen LogP contribution in [0.4, 0.5) is 25.2 Å². The first-order valence-corrected chi connectivity index (χ1v) is 9.46. The van der Waals surface area contributed by atoms with Crippen molar-refractivity contribution in [2.45, 2.75) is 0 Å². The van der Waals surface area contributed by atoms with Gasteiger partial charge in [-0.1, -0.05) is 5.92 Å². The molecule has 144 valence electrons. The molecule has 9 heteroatoms. The molecule has 0 unspecified atom stereocenters. The van der Waals surface area contributed by atoms with Gasteiger partial charge in [-0.2, -0.15) is 4.40 Å². The van der Waals surface area contributed by atoms with Crippen molar-refractivity contribution in [3.63, 3.8) is 0 Å². The van der Waals surface area contributed by atoms with Crippen LogP contribution in [0.3, 0.4) is 0 Å². The monoisotopic (exact) mass is 405 g/mol. The molecule has 0 amide bonds. The van der Waals surface area contributed by atoms with Crippen LogP contribution < -0.4 is 9.14 Å². The molecule has 0 atom stereocenters. The van der Waals surface area contributed by atoms with Gasteiger partial charge in [-0.3, -0.25) is 0 Å². The molecule has 3 aromatic rings. The van der Waals surface area contributed by atoms with Crippen molar-refractivity contribution in [2.75, 3.05) is 7.11 Å². The molecule has 0 aliphatic carbocycles. The molecular formula is C18H14F6NOP. The van der Waals surface area contributed by atoms with Crippen LogP contribution >= 0.6 is 7.81 Å². The number of halogens is 6. The maximum atomic E-state index is 9.87. The summed E-state index contributed by atoms with van der Waals surface area (Å²) in [6, 6.07) is 20.0. The van der Waals surface area contributed by atoms with Gasteiger partial charge in [-0.15, -0.1) is 0 Å². The third-order valence-electron chi connectivity index (χ3n) is 3.10. The molecule has 2 heterocycles. The Balaban J connectivity index is 0.000000321. The van der Waals surface area contributed by atoms with Crippen LogP contribution in [0.2, 0.25) is 0 Å². The van der Waals surface area contributed by atoms with Crippen LogP contribution in [0.5, 0.6) is 5.75 Å². The predicted molar refractivity (Wildman–Crippen MR) is 92.1 cm³/mol. The van der Waals surface area contributed by atoms with E-state index in [0.29, 0.717) is 0 Å². The quantitative estimate of drug-likeness (QED) is 0.203. The van der Waals surface area contributed by atoms with Crippen LogP contribution in [0, 0.1) is 11.8 Å². The number of hydrogen-bond donors (Lipinski definition) is 0. The van der Waals surface area contributed by atoms with E-state index in [1.54, 1.807) is 7.11 Å². The molecule has 0 N–H and O–H groups in total. The molecule has 0 radical (unpaired) electrons. The molecule has 0 spiro atoms. The first kappa shape index (κ1) is 20.5. The summed E-state index contributed by atoms with van der Waals surface area (Å²) < 4.78 is 66.4. The van der Waals surface area contributed by atoms with E-state index in [0.717, 1.165) is 22.5 Å². The molecule has 2 aromatic heterocycles. The van der Waals surface area contributed by atoms with Crippen LogP contribution in [0.15, 0.2) is 66.9 Å². The standard InChI is InChI=1S/C18H14NO.F6P/c1-20-18-12-9-15(10-13-18)8-11-17-7-4-6-16-5-2-3-14-19(16)17;1-7(2,3,4,5)6/h2-7,9-10,12-14H,1H3;/q+1;-1. The average molecular weight is 405 g/mol. The number of fused-ring (bicyclic) bond motifs is 1. The number of hydrogen-bond acceptors (Lipinski definition) is 1. The summed E-state index contributed by atoms with van der Waals surface area (Å²) in [5, 5.41) is 0. The fraction of sp³-hybridized carbons (Fsp3) is 0.0556. The van der Waals surface area contributed by atoms with Gasteiger partial charge in [0, 0.05) is 35.7 Å². The first-order valence-electron chi connectivity index (χ1n) is 7.44. The SMILES string of the molecule is COc1ccc(C#Cc2cccc3cccc[n+]23)cc1.F[P-](F)(F)(F)(F)F. The summed E-state index contributed by atoms with van der Waals surface area (Å²) in [7, 11) is -9.00. The number of aromatic nitrogens is 1. The Morgan fingerprint density at radius 1 is 0.778 bits per heavy atom. The summed E-state index contributed by atoms with van der Waals surface area (Å²) >= 11 is 0. The molecule has 0 saturated carbocycles. The zero-order valence-corrected chi connectivity index (χ0v) is 14.8. The third kappa shape index (κ3) is 8.43. The van der Waals surface area contributed by atoms with Gasteiger partial charge in [0.1, 0.15) is 5.75 Å². The molecular weight excluding hydrogens is 391 g/mol. The fourth-order valence-corrected chi connectivity index (χ4v) is 2.04. The van der Waals surface area contributed by atoms with Gasteiger partial charge >= 0.3 is 33.0 Å². The van der Waals surface area contributed by atoms with E-state index in [4.69, 9.17) is 4.74 Å². The zero-order valence-electron chi connectivity index (χ0n) is 13.9. The molecule has 0 bridgehead atoms. The second kappa shape index (κ2) is 6.75. The summed E-state index contributed by atoms with van der Waals surface area (Å²) in [6.07, 6.45) is 2.02. The van der Waals surface area contributed by atoms with Gasteiger partial charge in [0.15, 0.2) is 6.20 Å². The van der Waals surface area contributed by atoms with Crippen molar-refractivity contribution in [2.24, 2.45) is 0 Å². The Morgan fingerprint density at radius 2 is 1.37 bits per heavy atom. The van der Waals surface area contributed by atoms with E-state index in [1.165, 1.54) is 0 Å². The zero-order chi connectivity index (χ0) is 20.2. The molecule has 0 saturated heterocycles. The number of rotatable bonds is 1. The van der Waals surface area contributed by atoms with E-state index in [-0.39, 0.29) is 0 Å². The van der Waals surface area contributed by atoms with E-state index < -0.39 is 7.81 Å². The molecule has 27 heavy (non-hydrogen) atoms. The van der Waals surface area contributed by atoms with Crippen molar-refractivity contribution in [3.8, 4) is 17.6 Å². The number of pyridine rings is 2. The van der Waals surface area contributed by atoms with Crippen molar-refractivity contribution in [3.05, 3.63) is 78.1 Å². The van der Waals surface area contributed by atoms with Crippen molar-refractivity contribution in [1.82, 2.24) is 0 Å². The van der Waals surface area contributed by atoms with Gasteiger partial charge in [0.2, 0.25) is 5.52 Å². The molecule has 1 aromatic carbocycles. The van der Waals surface area contributed by atoms with Gasteiger partial charge in [0.25, 0.3) is 5.69 Å². The topological polar surface area (TPSA) is 13.3 Å². The van der Waals surface area contributed by atoms with E-state index in [2.05, 4.69) is 28.4 Å². The summed E-state index contributed by atoms with van der Waals surface area (Å²) in [6.45, 7) is 0. The molecule has 3 rings (SSSR count). The van der Waals surface area contributed by atoms with Crippen LogP contribution in [0.1, 0.15) is 11.3 Å². The Bertz CT molecular complexity index is 989. The van der Waals surface area contributed by atoms with E-state index >= 15 is 0 Å². The number of benzene rings is 1. The minimum atomic E-state index is -10.7. The summed E-state index contributed by atoms with van der Waals surface area (Å²) in [5.74, 6) is 7.23. The molecule has 0 fully saturated rings.